The number of rotatable bonds is 5. The van der Waals surface area contributed by atoms with E-state index in [4.69, 9.17) is 0 Å². The van der Waals surface area contributed by atoms with Crippen LogP contribution in [0.5, 0.6) is 0 Å². The van der Waals surface area contributed by atoms with Gasteiger partial charge in [0.15, 0.2) is 0 Å². The summed E-state index contributed by atoms with van der Waals surface area (Å²) in [6.07, 6.45) is 6.57. The largest absolute Gasteiger partial charge is 0.326 e. The molecule has 0 radical (unpaired) electrons. The fourth-order valence-corrected chi connectivity index (χ4v) is 3.02. The highest BCUT2D eigenvalue weighted by Gasteiger charge is 2.19. The Kier molecular flexibility index (Phi) is 5.60. The van der Waals surface area contributed by atoms with Gasteiger partial charge in [0.2, 0.25) is 5.91 Å². The van der Waals surface area contributed by atoms with Crippen LogP contribution in [0.15, 0.2) is 24.3 Å². The number of carbonyl (C=O) groups excluding carboxylic acids is 1. The number of anilines is 1. The number of para-hydroxylation sites is 1. The van der Waals surface area contributed by atoms with E-state index in [9.17, 15) is 4.79 Å². The molecule has 0 heterocycles. The lowest BCUT2D eigenvalue weighted by atomic mass is 9.84. The predicted octanol–water partition coefficient (Wildman–Crippen LogP) is 3.70. The van der Waals surface area contributed by atoms with Crippen molar-refractivity contribution in [3.63, 3.8) is 0 Å². The number of benzene rings is 1. The van der Waals surface area contributed by atoms with Crippen molar-refractivity contribution < 1.29 is 4.79 Å². The van der Waals surface area contributed by atoms with Crippen LogP contribution in [0.25, 0.3) is 0 Å². The molecule has 3 nitrogen and oxygen atoms in total. The van der Waals surface area contributed by atoms with Crippen molar-refractivity contribution in [3.05, 3.63) is 29.8 Å². The molecule has 20 heavy (non-hydrogen) atoms. The van der Waals surface area contributed by atoms with Crippen molar-refractivity contribution in [1.29, 1.82) is 0 Å². The van der Waals surface area contributed by atoms with Gasteiger partial charge in [-0.05, 0) is 43.2 Å². The number of carbonyl (C=O) groups is 1. The van der Waals surface area contributed by atoms with E-state index >= 15 is 0 Å². The van der Waals surface area contributed by atoms with Crippen LogP contribution in [-0.2, 0) is 11.3 Å². The van der Waals surface area contributed by atoms with Gasteiger partial charge in [0.25, 0.3) is 0 Å². The number of hydrogen-bond donors (Lipinski definition) is 2. The fourth-order valence-electron chi connectivity index (χ4n) is 3.02. The van der Waals surface area contributed by atoms with Crippen LogP contribution in [0.1, 0.15) is 51.5 Å². The van der Waals surface area contributed by atoms with Crippen molar-refractivity contribution in [2.45, 2.75) is 58.5 Å². The van der Waals surface area contributed by atoms with Crippen molar-refractivity contribution >= 4 is 11.6 Å². The maximum atomic E-state index is 11.2. The Bertz CT molecular complexity index is 436. The lowest BCUT2D eigenvalue weighted by molar-refractivity contribution is -0.114. The van der Waals surface area contributed by atoms with E-state index in [0.717, 1.165) is 18.2 Å². The maximum absolute atomic E-state index is 11.2. The van der Waals surface area contributed by atoms with Gasteiger partial charge in [-0.15, -0.1) is 0 Å². The minimum absolute atomic E-state index is 0.0131. The van der Waals surface area contributed by atoms with Crippen LogP contribution in [0, 0.1) is 5.92 Å². The van der Waals surface area contributed by atoms with Crippen LogP contribution in [0.2, 0.25) is 0 Å². The fraction of sp³-hybridized carbons (Fsp3) is 0.588. The first-order valence-corrected chi connectivity index (χ1v) is 7.78. The van der Waals surface area contributed by atoms with Crippen LogP contribution in [0.4, 0.5) is 5.69 Å². The molecule has 3 heteroatoms. The smallest absolute Gasteiger partial charge is 0.221 e. The molecule has 1 saturated carbocycles. The monoisotopic (exact) mass is 274 g/mol. The van der Waals surface area contributed by atoms with Gasteiger partial charge < -0.3 is 10.6 Å². The SMILES string of the molecule is CCC1CCC(NCc2ccccc2NC(C)=O)CC1. The molecular weight excluding hydrogens is 248 g/mol. The Morgan fingerprint density at radius 2 is 1.90 bits per heavy atom. The molecular formula is C17H26N2O. The molecule has 0 bridgehead atoms. The van der Waals surface area contributed by atoms with Gasteiger partial charge in [-0.3, -0.25) is 4.79 Å². The lowest BCUT2D eigenvalue weighted by Crippen LogP contribution is -2.32. The van der Waals surface area contributed by atoms with E-state index in [1.165, 1.54) is 37.7 Å². The summed E-state index contributed by atoms with van der Waals surface area (Å²) in [6.45, 7) is 4.68. The summed E-state index contributed by atoms with van der Waals surface area (Å²) in [6, 6.07) is 8.66. The molecule has 2 rings (SSSR count). The Morgan fingerprint density at radius 1 is 1.20 bits per heavy atom. The van der Waals surface area contributed by atoms with Gasteiger partial charge in [0, 0.05) is 25.2 Å². The van der Waals surface area contributed by atoms with Gasteiger partial charge in [0.1, 0.15) is 0 Å². The van der Waals surface area contributed by atoms with Crippen LogP contribution in [0.3, 0.4) is 0 Å². The number of nitrogens with one attached hydrogen (secondary N) is 2. The standard InChI is InChI=1S/C17H26N2O/c1-3-14-8-10-16(11-9-14)18-12-15-6-4-5-7-17(15)19-13(2)20/h4-7,14,16,18H,3,8-12H2,1-2H3,(H,19,20). The summed E-state index contributed by atoms with van der Waals surface area (Å²) in [5.41, 5.74) is 2.09. The first-order chi connectivity index (χ1) is 9.69. The predicted molar refractivity (Wildman–Crippen MR) is 83.6 cm³/mol. The van der Waals surface area contributed by atoms with Crippen molar-refractivity contribution in [3.8, 4) is 0 Å². The van der Waals surface area contributed by atoms with Gasteiger partial charge in [-0.2, -0.15) is 0 Å². The van der Waals surface area contributed by atoms with Crippen molar-refractivity contribution in [2.24, 2.45) is 5.92 Å². The van der Waals surface area contributed by atoms with Crippen molar-refractivity contribution in [1.82, 2.24) is 5.32 Å². The third-order valence-corrected chi connectivity index (χ3v) is 4.33. The molecule has 1 fully saturated rings. The first-order valence-electron chi connectivity index (χ1n) is 7.78. The summed E-state index contributed by atoms with van der Waals surface area (Å²) in [5, 5.41) is 6.54. The topological polar surface area (TPSA) is 41.1 Å². The van der Waals surface area contributed by atoms with Crippen molar-refractivity contribution in [2.75, 3.05) is 5.32 Å². The quantitative estimate of drug-likeness (QED) is 0.859. The minimum Gasteiger partial charge on any atom is -0.326 e. The van der Waals surface area contributed by atoms with E-state index in [1.807, 2.05) is 18.2 Å². The summed E-state index contributed by atoms with van der Waals surface area (Å²) in [5.74, 6) is 0.917. The molecule has 0 spiro atoms. The van der Waals surface area contributed by atoms with Crippen LogP contribution < -0.4 is 10.6 Å². The Balaban J connectivity index is 1.86. The molecule has 1 amide bonds. The second-order valence-electron chi connectivity index (χ2n) is 5.85. The summed E-state index contributed by atoms with van der Waals surface area (Å²) in [7, 11) is 0. The van der Waals surface area contributed by atoms with E-state index < -0.39 is 0 Å². The molecule has 110 valence electrons. The zero-order valence-electron chi connectivity index (χ0n) is 12.6. The molecule has 0 atom stereocenters. The van der Waals surface area contributed by atoms with E-state index in [2.05, 4.69) is 23.6 Å². The molecule has 1 aromatic carbocycles. The first kappa shape index (κ1) is 15.0. The lowest BCUT2D eigenvalue weighted by Gasteiger charge is -2.28. The zero-order chi connectivity index (χ0) is 14.4. The molecule has 2 N–H and O–H groups in total. The molecule has 1 aliphatic rings. The maximum Gasteiger partial charge on any atom is 0.221 e. The highest BCUT2D eigenvalue weighted by Crippen LogP contribution is 2.27. The number of amides is 1. The van der Waals surface area contributed by atoms with Crippen LogP contribution >= 0.6 is 0 Å². The normalized spacial score (nSPS) is 22.5. The third-order valence-electron chi connectivity index (χ3n) is 4.33. The van der Waals surface area contributed by atoms with E-state index in [0.29, 0.717) is 6.04 Å². The molecule has 1 aromatic rings. The highest BCUT2D eigenvalue weighted by atomic mass is 16.1. The highest BCUT2D eigenvalue weighted by molar-refractivity contribution is 5.89. The molecule has 1 aliphatic carbocycles. The van der Waals surface area contributed by atoms with Gasteiger partial charge >= 0.3 is 0 Å². The zero-order valence-corrected chi connectivity index (χ0v) is 12.6. The molecule has 0 saturated heterocycles. The minimum atomic E-state index is -0.0131. The van der Waals surface area contributed by atoms with E-state index in [-0.39, 0.29) is 5.91 Å². The molecule has 0 unspecified atom stereocenters. The second-order valence-corrected chi connectivity index (χ2v) is 5.85. The molecule has 0 aliphatic heterocycles. The summed E-state index contributed by atoms with van der Waals surface area (Å²) in [4.78, 5) is 11.2. The Labute approximate surface area is 122 Å². The number of hydrogen-bond acceptors (Lipinski definition) is 2. The second kappa shape index (κ2) is 7.44. The van der Waals surface area contributed by atoms with Crippen LogP contribution in [-0.4, -0.2) is 11.9 Å². The van der Waals surface area contributed by atoms with Gasteiger partial charge in [-0.25, -0.2) is 0 Å². The third kappa shape index (κ3) is 4.34. The average Bonchev–Trinajstić information content (AvgIpc) is 2.46. The Morgan fingerprint density at radius 3 is 2.55 bits per heavy atom. The summed E-state index contributed by atoms with van der Waals surface area (Å²) < 4.78 is 0. The van der Waals surface area contributed by atoms with E-state index in [1.54, 1.807) is 6.92 Å². The van der Waals surface area contributed by atoms with Gasteiger partial charge in [0.05, 0.1) is 0 Å². The average molecular weight is 274 g/mol. The Hall–Kier alpha value is -1.35. The summed E-state index contributed by atoms with van der Waals surface area (Å²) >= 11 is 0. The molecule has 0 aromatic heterocycles. The van der Waals surface area contributed by atoms with Gasteiger partial charge in [-0.1, -0.05) is 31.5 Å².